The standard InChI is InChI=1S/C41H35ClO7/c1-41(2,3)37-21-25(19-33(49-37)27-22-35(45-4)40(47-6)36(23-27)46-5)17-30-38(43)29(39(30)44)16-24-18-32(26-12-8-7-9-13-26)48-34(20-24)28-14-10-11-15-31(28)42/h7-23H,1-6H3. The summed E-state index contributed by atoms with van der Waals surface area (Å²) in [6, 6.07) is 24.2. The number of ether oxygens (including phenoxy) is 4. The molecule has 7 nitrogen and oxygen atoms in total. The van der Waals surface area contributed by atoms with E-state index in [1.165, 1.54) is 7.11 Å². The van der Waals surface area contributed by atoms with E-state index in [-0.39, 0.29) is 28.1 Å². The van der Waals surface area contributed by atoms with Crippen LogP contribution in [0.15, 0.2) is 124 Å². The number of halogens is 1. The molecule has 0 atom stereocenters. The van der Waals surface area contributed by atoms with Crippen molar-refractivity contribution in [3.05, 3.63) is 147 Å². The zero-order chi connectivity index (χ0) is 34.9. The zero-order valence-corrected chi connectivity index (χ0v) is 28.8. The van der Waals surface area contributed by atoms with Crippen molar-refractivity contribution in [2.45, 2.75) is 26.2 Å². The fourth-order valence-corrected chi connectivity index (χ4v) is 5.74. The first kappa shape index (κ1) is 33.4. The third kappa shape index (κ3) is 6.76. The first-order chi connectivity index (χ1) is 23.5. The van der Waals surface area contributed by atoms with Gasteiger partial charge in [-0.3, -0.25) is 4.79 Å². The van der Waals surface area contributed by atoms with Gasteiger partial charge in [0.15, 0.2) is 17.3 Å². The first-order valence-electron chi connectivity index (χ1n) is 15.6. The van der Waals surface area contributed by atoms with Crippen molar-refractivity contribution < 1.29 is 33.3 Å². The second-order valence-corrected chi connectivity index (χ2v) is 12.9. The van der Waals surface area contributed by atoms with Gasteiger partial charge in [0, 0.05) is 40.5 Å². The normalized spacial score (nSPS) is 16.2. The number of hydrogen-bond acceptors (Lipinski definition) is 6. The van der Waals surface area contributed by atoms with Crippen LogP contribution in [0.1, 0.15) is 43.2 Å². The van der Waals surface area contributed by atoms with Crippen LogP contribution in [0.4, 0.5) is 0 Å². The fraction of sp³-hybridized carbons (Fsp3) is 0.171. The van der Waals surface area contributed by atoms with Crippen LogP contribution in [0.3, 0.4) is 0 Å². The van der Waals surface area contributed by atoms with E-state index in [2.05, 4.69) is 0 Å². The summed E-state index contributed by atoms with van der Waals surface area (Å²) in [5, 5.41) is 14.1. The molecule has 0 N–H and O–H groups in total. The van der Waals surface area contributed by atoms with Crippen molar-refractivity contribution in [1.29, 1.82) is 0 Å². The largest absolute Gasteiger partial charge is 0.871 e. The van der Waals surface area contributed by atoms with Gasteiger partial charge < -0.3 is 24.1 Å². The molecule has 4 aromatic rings. The Bertz CT molecular complexity index is 2090. The van der Waals surface area contributed by atoms with Crippen LogP contribution >= 0.6 is 11.6 Å². The molecular formula is C41H35ClO7. The Kier molecular flexibility index (Phi) is 9.22. The molecule has 0 saturated carbocycles. The van der Waals surface area contributed by atoms with Crippen LogP contribution in [-0.2, 0) is 14.9 Å². The highest BCUT2D eigenvalue weighted by molar-refractivity contribution is 6.32. The lowest BCUT2D eigenvalue weighted by Crippen LogP contribution is -2.29. The van der Waals surface area contributed by atoms with E-state index in [1.54, 1.807) is 56.7 Å². The number of carbonyl (C=O) groups excluding carboxylic acids is 1. The summed E-state index contributed by atoms with van der Waals surface area (Å²) < 4.78 is 29.2. The van der Waals surface area contributed by atoms with Gasteiger partial charge in [-0.2, -0.15) is 0 Å². The summed E-state index contributed by atoms with van der Waals surface area (Å²) in [6.45, 7) is 6.07. The van der Waals surface area contributed by atoms with E-state index < -0.39 is 0 Å². The molecule has 0 unspecified atom stereocenters. The summed E-state index contributed by atoms with van der Waals surface area (Å²) in [6.07, 6.45) is 6.80. The Morgan fingerprint density at radius 1 is 0.796 bits per heavy atom. The van der Waals surface area contributed by atoms with Gasteiger partial charge in [-0.25, -0.2) is 4.42 Å². The van der Waals surface area contributed by atoms with Gasteiger partial charge in [-0.15, -0.1) is 0 Å². The number of carbonyl (C=O) groups is 1. The zero-order valence-electron chi connectivity index (χ0n) is 28.1. The summed E-state index contributed by atoms with van der Waals surface area (Å²) in [5.41, 5.74) is 3.28. The minimum absolute atomic E-state index is 0.0862. The lowest BCUT2D eigenvalue weighted by Gasteiger charge is -2.29. The molecule has 248 valence electrons. The Balaban J connectivity index is 1.42. The Morgan fingerprint density at radius 3 is 2.06 bits per heavy atom. The molecule has 1 aliphatic heterocycles. The minimum atomic E-state index is -0.378. The fourth-order valence-electron chi connectivity index (χ4n) is 5.51. The van der Waals surface area contributed by atoms with Crippen LogP contribution in [0.25, 0.3) is 28.9 Å². The van der Waals surface area contributed by atoms with Crippen molar-refractivity contribution in [1.82, 2.24) is 0 Å². The Morgan fingerprint density at radius 2 is 1.45 bits per heavy atom. The van der Waals surface area contributed by atoms with E-state index in [0.717, 1.165) is 5.56 Å². The smallest absolute Gasteiger partial charge is 0.361 e. The summed E-state index contributed by atoms with van der Waals surface area (Å²) in [5.74, 6) is 2.93. The monoisotopic (exact) mass is 674 g/mol. The molecule has 8 heteroatoms. The third-order valence-electron chi connectivity index (χ3n) is 8.12. The summed E-state index contributed by atoms with van der Waals surface area (Å²) in [4.78, 5) is 13.5. The van der Waals surface area contributed by atoms with Gasteiger partial charge >= 0.3 is 11.5 Å². The van der Waals surface area contributed by atoms with E-state index in [9.17, 15) is 9.90 Å². The quantitative estimate of drug-likeness (QED) is 0.136. The van der Waals surface area contributed by atoms with E-state index in [4.69, 9.17) is 35.0 Å². The number of methoxy groups -OCH3 is 3. The topological polar surface area (TPSA) is 88.4 Å². The molecule has 0 fully saturated rings. The molecule has 0 spiro atoms. The number of hydrogen-bond donors (Lipinski definition) is 0. The highest BCUT2D eigenvalue weighted by Gasteiger charge is 2.32. The number of ketones is 1. The highest BCUT2D eigenvalue weighted by atomic mass is 35.5. The van der Waals surface area contributed by atoms with Crippen molar-refractivity contribution in [3.63, 3.8) is 0 Å². The minimum Gasteiger partial charge on any atom is -0.871 e. The predicted molar refractivity (Wildman–Crippen MR) is 190 cm³/mol. The van der Waals surface area contributed by atoms with E-state index in [1.807, 2.05) is 81.4 Å². The molecule has 0 bridgehead atoms. The summed E-state index contributed by atoms with van der Waals surface area (Å²) >= 11 is 6.51. The first-order valence-corrected chi connectivity index (χ1v) is 16.0. The van der Waals surface area contributed by atoms with Crippen LogP contribution < -0.4 is 19.3 Å². The molecular weight excluding hydrogens is 640 g/mol. The van der Waals surface area contributed by atoms with Crippen molar-refractivity contribution in [3.8, 4) is 28.6 Å². The van der Waals surface area contributed by atoms with Crippen LogP contribution in [-0.4, -0.2) is 27.1 Å². The second-order valence-electron chi connectivity index (χ2n) is 12.5. The molecule has 49 heavy (non-hydrogen) atoms. The van der Waals surface area contributed by atoms with Crippen molar-refractivity contribution >= 4 is 35.0 Å². The Labute approximate surface area is 290 Å². The SMILES string of the molecule is COc1cc(-c2cc(C=C3C(=O)C(C=C4C=C(c5ccccc5)OC(c5ccccc5Cl)=C4)=C3[O-])cc(C(C)(C)C)[o+]2)cc(OC)c1OC. The summed E-state index contributed by atoms with van der Waals surface area (Å²) in [7, 11) is 4.63. The molecule has 2 aliphatic rings. The van der Waals surface area contributed by atoms with Crippen molar-refractivity contribution in [2.75, 3.05) is 21.3 Å². The van der Waals surface area contributed by atoms with Crippen LogP contribution in [0.5, 0.6) is 17.2 Å². The molecule has 2 heterocycles. The van der Waals surface area contributed by atoms with E-state index >= 15 is 0 Å². The molecule has 0 saturated heterocycles. The van der Waals surface area contributed by atoms with Gasteiger partial charge in [-0.05, 0) is 68.3 Å². The molecule has 3 aromatic carbocycles. The van der Waals surface area contributed by atoms with Gasteiger partial charge in [0.25, 0.3) is 0 Å². The Hall–Kier alpha value is -5.53. The maximum absolute atomic E-state index is 13.5. The predicted octanol–water partition coefficient (Wildman–Crippen LogP) is 8.82. The average molecular weight is 675 g/mol. The van der Waals surface area contributed by atoms with Gasteiger partial charge in [0.05, 0.1) is 43.4 Å². The van der Waals surface area contributed by atoms with E-state index in [0.29, 0.717) is 67.6 Å². The van der Waals surface area contributed by atoms with Gasteiger partial charge in [-0.1, -0.05) is 59.8 Å². The molecule has 1 aliphatic carbocycles. The number of allylic oxidation sites excluding steroid dienone is 6. The van der Waals surface area contributed by atoms with Gasteiger partial charge in [0.1, 0.15) is 11.5 Å². The maximum Gasteiger partial charge on any atom is 0.361 e. The lowest BCUT2D eigenvalue weighted by molar-refractivity contribution is -0.300. The van der Waals surface area contributed by atoms with Crippen molar-refractivity contribution in [2.24, 2.45) is 0 Å². The second kappa shape index (κ2) is 13.5. The number of rotatable bonds is 8. The average Bonchev–Trinajstić information content (AvgIpc) is 3.12. The van der Waals surface area contributed by atoms with Crippen LogP contribution in [0.2, 0.25) is 5.02 Å². The number of Topliss-reactive ketones (excluding diaryl/α,β-unsaturated/α-hetero) is 1. The lowest BCUT2D eigenvalue weighted by atomic mass is 9.84. The third-order valence-corrected chi connectivity index (χ3v) is 8.45. The highest BCUT2D eigenvalue weighted by Crippen LogP contribution is 2.43. The molecule has 0 radical (unpaired) electrons. The maximum atomic E-state index is 13.5. The molecule has 0 amide bonds. The number of benzene rings is 3. The molecule has 1 aromatic heterocycles. The van der Waals surface area contributed by atoms with Gasteiger partial charge in [0.2, 0.25) is 5.75 Å². The molecule has 6 rings (SSSR count). The van der Waals surface area contributed by atoms with Crippen LogP contribution in [0, 0.1) is 0 Å².